The third kappa shape index (κ3) is 2.69. The van der Waals surface area contributed by atoms with Crippen molar-refractivity contribution in [3.63, 3.8) is 0 Å². The van der Waals surface area contributed by atoms with Crippen LogP contribution in [0.1, 0.15) is 20.7 Å². The molecule has 0 heterocycles. The summed E-state index contributed by atoms with van der Waals surface area (Å²) in [6, 6.07) is 5.94. The van der Waals surface area contributed by atoms with E-state index < -0.39 is 11.6 Å². The normalized spacial score (nSPS) is 8.88. The lowest BCUT2D eigenvalue weighted by molar-refractivity contribution is 0.101. The van der Waals surface area contributed by atoms with Crippen LogP contribution in [-0.4, -0.2) is 24.7 Å². The highest BCUT2D eigenvalue weighted by molar-refractivity contribution is 6.03. The van der Waals surface area contributed by atoms with E-state index in [0.29, 0.717) is 0 Å². The van der Waals surface area contributed by atoms with Gasteiger partial charge in [0.1, 0.15) is 9.95 Å². The fourth-order valence-corrected chi connectivity index (χ4v) is 1.18. The molecule has 0 N–H and O–H groups in total. The Morgan fingerprint density at radius 3 is 1.81 bits per heavy atom. The number of rotatable bonds is 4. The summed E-state index contributed by atoms with van der Waals surface area (Å²) in [4.78, 5) is 28.1. The van der Waals surface area contributed by atoms with Crippen molar-refractivity contribution in [1.29, 1.82) is 10.8 Å². The van der Waals surface area contributed by atoms with Crippen LogP contribution in [-0.2, 0) is 0 Å². The SMILES string of the molecule is N#[N+]CC(=O)c1cccc(C(=O)C[N+]#N)c1. The van der Waals surface area contributed by atoms with E-state index in [0.717, 1.165) is 0 Å². The van der Waals surface area contributed by atoms with Gasteiger partial charge in [-0.1, -0.05) is 18.2 Å². The van der Waals surface area contributed by atoms with Crippen LogP contribution in [0.2, 0.25) is 0 Å². The lowest BCUT2D eigenvalue weighted by atomic mass is 10.0. The highest BCUT2D eigenvalue weighted by Gasteiger charge is 2.17. The Hall–Kier alpha value is -2.60. The lowest BCUT2D eigenvalue weighted by Crippen LogP contribution is -2.06. The van der Waals surface area contributed by atoms with E-state index in [1.807, 2.05) is 0 Å². The summed E-state index contributed by atoms with van der Waals surface area (Å²) in [5.41, 5.74) is 0.558. The number of nitrogens with zero attached hydrogens (tertiary/aromatic N) is 4. The van der Waals surface area contributed by atoms with Crippen LogP contribution < -0.4 is 0 Å². The number of hydrogen-bond donors (Lipinski definition) is 0. The molecule has 0 radical (unpaired) electrons. The number of hydrogen-bond acceptors (Lipinski definition) is 4. The average molecular weight is 216 g/mol. The van der Waals surface area contributed by atoms with Crippen molar-refractivity contribution in [3.8, 4) is 0 Å². The fraction of sp³-hybridized carbons (Fsp3) is 0.200. The lowest BCUT2D eigenvalue weighted by Gasteiger charge is -1.96. The second-order valence-electron chi connectivity index (χ2n) is 3.03. The maximum atomic E-state index is 11.3. The molecule has 78 valence electrons. The number of carbonyl (C=O) groups excluding carboxylic acids is 2. The summed E-state index contributed by atoms with van der Waals surface area (Å²) in [6.45, 7) is -0.690. The zero-order chi connectivity index (χ0) is 12.0. The van der Waals surface area contributed by atoms with E-state index in [4.69, 9.17) is 10.8 Å². The van der Waals surface area contributed by atoms with Gasteiger partial charge >= 0.3 is 13.1 Å². The second kappa shape index (κ2) is 5.32. The zero-order valence-electron chi connectivity index (χ0n) is 8.33. The van der Waals surface area contributed by atoms with Gasteiger partial charge in [0, 0.05) is 11.1 Å². The smallest absolute Gasteiger partial charge is 0.285 e. The molecule has 0 fully saturated rings. The molecule has 6 heteroatoms. The van der Waals surface area contributed by atoms with E-state index in [1.165, 1.54) is 24.3 Å². The van der Waals surface area contributed by atoms with Gasteiger partial charge in [0.2, 0.25) is 22.4 Å². The fourth-order valence-electron chi connectivity index (χ4n) is 1.18. The summed E-state index contributed by atoms with van der Waals surface area (Å²) >= 11 is 0. The molecule has 0 atom stereocenters. The zero-order valence-corrected chi connectivity index (χ0v) is 8.33. The Balaban J connectivity index is 2.97. The first kappa shape index (κ1) is 11.5. The molecule has 1 rings (SSSR count). The highest BCUT2D eigenvalue weighted by Crippen LogP contribution is 2.07. The van der Waals surface area contributed by atoms with Crippen molar-refractivity contribution in [2.75, 3.05) is 13.1 Å². The minimum absolute atomic E-state index is 0.279. The number of carbonyl (C=O) groups is 2. The van der Waals surface area contributed by atoms with Gasteiger partial charge in [-0.05, 0) is 6.07 Å². The maximum Gasteiger partial charge on any atom is 0.367 e. The van der Waals surface area contributed by atoms with E-state index in [9.17, 15) is 9.59 Å². The van der Waals surface area contributed by atoms with E-state index in [-0.39, 0.29) is 24.2 Å². The number of diazo groups is 2. The standard InChI is InChI=1S/C10H8N4O2/c11-13-5-9(15)7-2-1-3-8(4-7)10(16)6-14-12/h1-4H,5-6H2/q+2. The predicted molar refractivity (Wildman–Crippen MR) is 55.0 cm³/mol. The Kier molecular flexibility index (Phi) is 3.82. The first-order chi connectivity index (χ1) is 7.69. The summed E-state index contributed by atoms with van der Waals surface area (Å²) in [6.07, 6.45) is 0. The van der Waals surface area contributed by atoms with Crippen LogP contribution >= 0.6 is 0 Å². The Morgan fingerprint density at radius 2 is 1.44 bits per heavy atom. The van der Waals surface area contributed by atoms with Gasteiger partial charge in [-0.3, -0.25) is 9.59 Å². The molecule has 0 saturated heterocycles. The van der Waals surface area contributed by atoms with Crippen molar-refractivity contribution in [1.82, 2.24) is 0 Å². The largest absolute Gasteiger partial charge is 0.367 e. The van der Waals surface area contributed by atoms with E-state index in [1.54, 1.807) is 0 Å². The van der Waals surface area contributed by atoms with Gasteiger partial charge in [-0.15, -0.1) is 0 Å². The quantitative estimate of drug-likeness (QED) is 0.566. The topological polar surface area (TPSA) is 90.4 Å². The molecule has 0 saturated carbocycles. The molecule has 1 aromatic carbocycles. The van der Waals surface area contributed by atoms with Crippen molar-refractivity contribution >= 4 is 11.6 Å². The van der Waals surface area contributed by atoms with E-state index in [2.05, 4.69) is 9.95 Å². The summed E-state index contributed by atoms with van der Waals surface area (Å²) in [5, 5.41) is 16.5. The number of benzene rings is 1. The summed E-state index contributed by atoms with van der Waals surface area (Å²) in [7, 11) is 0. The molecular weight excluding hydrogens is 208 g/mol. The predicted octanol–water partition coefficient (Wildman–Crippen LogP) is 1.76. The molecule has 0 amide bonds. The summed E-state index contributed by atoms with van der Waals surface area (Å²) < 4.78 is 0. The molecule has 0 aliphatic carbocycles. The molecule has 0 bridgehead atoms. The van der Waals surface area contributed by atoms with Crippen LogP contribution in [0.4, 0.5) is 0 Å². The monoisotopic (exact) mass is 216 g/mol. The van der Waals surface area contributed by atoms with Crippen molar-refractivity contribution in [2.45, 2.75) is 0 Å². The van der Waals surface area contributed by atoms with Gasteiger partial charge in [0.25, 0.3) is 0 Å². The maximum absolute atomic E-state index is 11.3. The molecule has 0 aromatic heterocycles. The third-order valence-corrected chi connectivity index (χ3v) is 1.94. The van der Waals surface area contributed by atoms with Crippen LogP contribution in [0.25, 0.3) is 9.95 Å². The van der Waals surface area contributed by atoms with E-state index >= 15 is 0 Å². The minimum atomic E-state index is -0.391. The Morgan fingerprint density at radius 1 is 1.00 bits per heavy atom. The molecule has 0 spiro atoms. The number of Topliss-reactive ketones (excluding diaryl/α,β-unsaturated/α-hetero) is 2. The molecule has 1 aromatic rings. The molecular formula is C10H8N4O2+2. The van der Waals surface area contributed by atoms with Crippen LogP contribution in [0.5, 0.6) is 0 Å². The molecule has 0 aliphatic heterocycles. The molecule has 6 nitrogen and oxygen atoms in total. The molecule has 0 unspecified atom stereocenters. The Bertz CT molecular complexity index is 467. The first-order valence-electron chi connectivity index (χ1n) is 4.47. The van der Waals surface area contributed by atoms with Crippen LogP contribution in [0.15, 0.2) is 24.3 Å². The second-order valence-corrected chi connectivity index (χ2v) is 3.03. The Labute approximate surface area is 91.1 Å². The van der Waals surface area contributed by atoms with Crippen molar-refractivity contribution < 1.29 is 9.59 Å². The van der Waals surface area contributed by atoms with Crippen LogP contribution in [0, 0.1) is 10.8 Å². The third-order valence-electron chi connectivity index (χ3n) is 1.94. The van der Waals surface area contributed by atoms with Crippen molar-refractivity contribution in [3.05, 3.63) is 45.3 Å². The van der Waals surface area contributed by atoms with Crippen LogP contribution in [0.3, 0.4) is 0 Å². The summed E-state index contributed by atoms with van der Waals surface area (Å²) in [5.74, 6) is -0.781. The van der Waals surface area contributed by atoms with Gasteiger partial charge in [0.15, 0.2) is 0 Å². The number of ketones is 2. The van der Waals surface area contributed by atoms with Gasteiger partial charge in [0.05, 0.1) is 0 Å². The highest BCUT2D eigenvalue weighted by atomic mass is 16.1. The van der Waals surface area contributed by atoms with Gasteiger partial charge in [-0.2, -0.15) is 0 Å². The molecule has 0 aliphatic rings. The van der Waals surface area contributed by atoms with Gasteiger partial charge < -0.3 is 0 Å². The average Bonchev–Trinajstić information content (AvgIpc) is 2.30. The minimum Gasteiger partial charge on any atom is -0.285 e. The molecule has 16 heavy (non-hydrogen) atoms. The van der Waals surface area contributed by atoms with Crippen molar-refractivity contribution in [2.24, 2.45) is 0 Å². The van der Waals surface area contributed by atoms with Gasteiger partial charge in [-0.25, -0.2) is 0 Å². The first-order valence-corrected chi connectivity index (χ1v) is 4.47.